The first-order valence-corrected chi connectivity index (χ1v) is 13.8. The van der Waals surface area contributed by atoms with Crippen molar-refractivity contribution in [1.29, 1.82) is 0 Å². The zero-order valence-electron chi connectivity index (χ0n) is 18.0. The van der Waals surface area contributed by atoms with E-state index in [1.807, 2.05) is 0 Å². The molecule has 0 aromatic heterocycles. The maximum absolute atomic E-state index is 12.8. The molecule has 0 aliphatic carbocycles. The third-order valence-corrected chi connectivity index (χ3v) is 8.92. The van der Waals surface area contributed by atoms with E-state index < -0.39 is 20.0 Å². The number of benzene rings is 2. The highest BCUT2D eigenvalue weighted by molar-refractivity contribution is 7.90. The lowest BCUT2D eigenvalue weighted by Gasteiger charge is -2.20. The number of anilines is 1. The summed E-state index contributed by atoms with van der Waals surface area (Å²) in [5.74, 6) is -0.0851. The average Bonchev–Trinajstić information content (AvgIpc) is 2.96. The van der Waals surface area contributed by atoms with Crippen LogP contribution >= 0.6 is 0 Å². The minimum atomic E-state index is -3.61. The van der Waals surface area contributed by atoms with Crippen LogP contribution < -0.4 is 10.0 Å². The fourth-order valence-corrected chi connectivity index (χ4v) is 6.65. The highest BCUT2D eigenvalue weighted by atomic mass is 32.2. The number of hydrogen-bond donors (Lipinski definition) is 2. The average molecular weight is 491 g/mol. The number of hydrogen-bond acceptors (Lipinski definition) is 6. The molecule has 1 saturated heterocycles. The number of nitrogens with zero attached hydrogens (tertiary/aromatic N) is 2. The van der Waals surface area contributed by atoms with Gasteiger partial charge in [0.1, 0.15) is 5.84 Å². The van der Waals surface area contributed by atoms with Gasteiger partial charge >= 0.3 is 0 Å². The van der Waals surface area contributed by atoms with E-state index in [-0.39, 0.29) is 34.5 Å². The Morgan fingerprint density at radius 2 is 1.67 bits per heavy atom. The highest BCUT2D eigenvalue weighted by Crippen LogP contribution is 2.23. The van der Waals surface area contributed by atoms with E-state index in [0.29, 0.717) is 24.3 Å². The van der Waals surface area contributed by atoms with E-state index in [0.717, 1.165) is 25.7 Å². The molecule has 0 unspecified atom stereocenters. The number of aliphatic imine (C=N–C) groups is 1. The Kier molecular flexibility index (Phi) is 6.82. The third-order valence-electron chi connectivity index (χ3n) is 5.61. The largest absolute Gasteiger partial charge is 0.326 e. The van der Waals surface area contributed by atoms with Gasteiger partial charge in [0.2, 0.25) is 15.9 Å². The van der Waals surface area contributed by atoms with Gasteiger partial charge in [-0.2, -0.15) is 4.31 Å². The fraction of sp³-hybridized carbons (Fsp3) is 0.364. The zero-order chi connectivity index (χ0) is 23.5. The molecule has 0 bridgehead atoms. The molecule has 0 saturated carbocycles. The Hall–Kier alpha value is -2.76. The molecule has 176 valence electrons. The summed E-state index contributed by atoms with van der Waals surface area (Å²) in [7, 11) is -7.16. The van der Waals surface area contributed by atoms with Crippen LogP contribution in [0.15, 0.2) is 63.3 Å². The molecule has 2 aliphatic rings. The van der Waals surface area contributed by atoms with Gasteiger partial charge in [0.25, 0.3) is 10.0 Å². The first-order valence-electron chi connectivity index (χ1n) is 10.8. The predicted octanol–water partition coefficient (Wildman–Crippen LogP) is 2.32. The monoisotopic (exact) mass is 490 g/mol. The van der Waals surface area contributed by atoms with Crippen molar-refractivity contribution < 1.29 is 21.6 Å². The molecular weight excluding hydrogens is 464 g/mol. The molecule has 2 heterocycles. The lowest BCUT2D eigenvalue weighted by atomic mass is 10.2. The molecule has 9 nitrogen and oxygen atoms in total. The molecular formula is C22H26N4O5S2. The Labute approximate surface area is 194 Å². The van der Waals surface area contributed by atoms with E-state index in [4.69, 9.17) is 0 Å². The van der Waals surface area contributed by atoms with Gasteiger partial charge in [-0.05, 0) is 49.2 Å². The second kappa shape index (κ2) is 9.62. The van der Waals surface area contributed by atoms with Crippen molar-refractivity contribution in [2.75, 3.05) is 25.0 Å². The van der Waals surface area contributed by atoms with Crippen molar-refractivity contribution in [3.05, 3.63) is 54.1 Å². The van der Waals surface area contributed by atoms with Gasteiger partial charge in [-0.1, -0.05) is 25.0 Å². The Morgan fingerprint density at radius 1 is 1.00 bits per heavy atom. The van der Waals surface area contributed by atoms with Crippen LogP contribution in [0.3, 0.4) is 0 Å². The van der Waals surface area contributed by atoms with Crippen LogP contribution in [-0.2, 0) is 24.8 Å². The number of amides is 1. The number of carbonyl (C=O) groups is 1. The number of carbonyl (C=O) groups excluding carboxylic acids is 1. The summed E-state index contributed by atoms with van der Waals surface area (Å²) in [4.78, 5) is 16.9. The number of nitrogens with one attached hydrogen (secondary N) is 2. The number of sulfonamides is 2. The molecule has 0 spiro atoms. The second-order valence-electron chi connectivity index (χ2n) is 7.97. The summed E-state index contributed by atoms with van der Waals surface area (Å²) >= 11 is 0. The fourth-order valence-electron chi connectivity index (χ4n) is 3.89. The number of rotatable bonds is 6. The summed E-state index contributed by atoms with van der Waals surface area (Å²) in [5.41, 5.74) is 0.966. The maximum atomic E-state index is 12.8. The lowest BCUT2D eigenvalue weighted by molar-refractivity contribution is -0.116. The topological polar surface area (TPSA) is 125 Å². The van der Waals surface area contributed by atoms with Crippen LogP contribution in [0.2, 0.25) is 0 Å². The predicted molar refractivity (Wildman–Crippen MR) is 125 cm³/mol. The second-order valence-corrected chi connectivity index (χ2v) is 11.6. The summed E-state index contributed by atoms with van der Waals surface area (Å²) in [6.07, 6.45) is 3.86. The highest BCUT2D eigenvalue weighted by Gasteiger charge is 2.30. The molecule has 2 aromatic rings. The molecule has 2 aromatic carbocycles. The van der Waals surface area contributed by atoms with Crippen molar-refractivity contribution >= 4 is 37.5 Å². The SMILES string of the molecule is O=C(CCN=C1NS(=O)(=O)c2ccccc21)Nc1ccc(S(=O)(=O)N2CCCCCC2)cc1. The molecule has 2 N–H and O–H groups in total. The molecule has 2 aliphatic heterocycles. The van der Waals surface area contributed by atoms with Crippen molar-refractivity contribution in [3.63, 3.8) is 0 Å². The van der Waals surface area contributed by atoms with Crippen molar-refractivity contribution in [1.82, 2.24) is 9.03 Å². The minimum absolute atomic E-state index is 0.0429. The van der Waals surface area contributed by atoms with Gasteiger partial charge in [-0.15, -0.1) is 0 Å². The Bertz CT molecular complexity index is 1260. The smallest absolute Gasteiger partial charge is 0.263 e. The molecule has 33 heavy (non-hydrogen) atoms. The number of amidine groups is 1. The van der Waals surface area contributed by atoms with Crippen LogP contribution in [0.25, 0.3) is 0 Å². The minimum Gasteiger partial charge on any atom is -0.326 e. The van der Waals surface area contributed by atoms with Gasteiger partial charge in [0.15, 0.2) is 0 Å². The molecule has 11 heteroatoms. The zero-order valence-corrected chi connectivity index (χ0v) is 19.7. The summed E-state index contributed by atoms with van der Waals surface area (Å²) < 4.78 is 53.8. The van der Waals surface area contributed by atoms with E-state index >= 15 is 0 Å². The van der Waals surface area contributed by atoms with Crippen LogP contribution in [-0.4, -0.2) is 52.5 Å². The van der Waals surface area contributed by atoms with Gasteiger partial charge in [0, 0.05) is 30.8 Å². The van der Waals surface area contributed by atoms with Crippen molar-refractivity contribution in [2.24, 2.45) is 4.99 Å². The summed E-state index contributed by atoms with van der Waals surface area (Å²) in [5, 5.41) is 2.72. The van der Waals surface area contributed by atoms with Crippen molar-refractivity contribution in [2.45, 2.75) is 41.9 Å². The Morgan fingerprint density at radius 3 is 2.36 bits per heavy atom. The van der Waals surface area contributed by atoms with E-state index in [2.05, 4.69) is 15.0 Å². The van der Waals surface area contributed by atoms with Gasteiger partial charge in [-0.25, -0.2) is 16.8 Å². The van der Waals surface area contributed by atoms with Crippen LogP contribution in [0.4, 0.5) is 5.69 Å². The Balaban J connectivity index is 1.35. The van der Waals surface area contributed by atoms with Crippen LogP contribution in [0, 0.1) is 0 Å². The van der Waals surface area contributed by atoms with E-state index in [1.165, 1.54) is 22.5 Å². The van der Waals surface area contributed by atoms with E-state index in [9.17, 15) is 21.6 Å². The van der Waals surface area contributed by atoms with Crippen LogP contribution in [0.1, 0.15) is 37.7 Å². The molecule has 1 fully saturated rings. The maximum Gasteiger partial charge on any atom is 0.263 e. The van der Waals surface area contributed by atoms with Crippen LogP contribution in [0.5, 0.6) is 0 Å². The standard InChI is InChI=1S/C22H26N4O5S2/c27-21(13-14-23-22-19-7-3-4-8-20(19)32(28,29)25-22)24-17-9-11-18(12-10-17)33(30,31)26-15-5-1-2-6-16-26/h3-4,7-12H,1-2,5-6,13-16H2,(H,23,25)(H,24,27). The first kappa shape index (κ1) is 23.4. The molecule has 0 atom stereocenters. The number of fused-ring (bicyclic) bond motifs is 1. The van der Waals surface area contributed by atoms with Gasteiger partial charge in [-0.3, -0.25) is 14.5 Å². The van der Waals surface area contributed by atoms with E-state index in [1.54, 1.807) is 30.3 Å². The normalized spacial score (nSPS) is 19.5. The van der Waals surface area contributed by atoms with Gasteiger partial charge < -0.3 is 5.32 Å². The summed E-state index contributed by atoms with van der Waals surface area (Å²) in [6.45, 7) is 1.16. The van der Waals surface area contributed by atoms with Gasteiger partial charge in [0.05, 0.1) is 16.3 Å². The molecule has 4 rings (SSSR count). The first-order chi connectivity index (χ1) is 15.8. The van der Waals surface area contributed by atoms with Crippen molar-refractivity contribution in [3.8, 4) is 0 Å². The summed E-state index contributed by atoms with van der Waals surface area (Å²) in [6, 6.07) is 12.7. The molecule has 1 amide bonds. The quantitative estimate of drug-likeness (QED) is 0.643. The molecule has 0 radical (unpaired) electrons. The lowest BCUT2D eigenvalue weighted by Crippen LogP contribution is -2.31. The third kappa shape index (κ3) is 5.26.